The molecular formula is C39H43N3O2S. The van der Waals surface area contributed by atoms with Crippen molar-refractivity contribution in [2.45, 2.75) is 72.5 Å². The minimum Gasteiger partial charge on any atom is -0.494 e. The standard InChI is InChI=1S/C39H43N3O2S/c1-7-9-24-42(25-10-8-2)32-18-16-31(36(26-32)43-28-30-14-12-11-13-15-30)17-19-33-20-21-34(45-33)22-23-35-37(41-6)38(29(3)27-40)44-39(35,4)5/h11-23,26H,7-10,24-25,28H2,1-5H3/b19-17+,23-22+,38-29+. The maximum Gasteiger partial charge on any atom is 0.236 e. The fourth-order valence-corrected chi connectivity index (χ4v) is 5.95. The summed E-state index contributed by atoms with van der Waals surface area (Å²) < 4.78 is 12.5. The van der Waals surface area contributed by atoms with E-state index in [1.165, 1.54) is 31.4 Å². The van der Waals surface area contributed by atoms with Crippen LogP contribution in [-0.4, -0.2) is 18.7 Å². The molecule has 0 radical (unpaired) electrons. The van der Waals surface area contributed by atoms with E-state index in [-0.39, 0.29) is 0 Å². The Morgan fingerprint density at radius 2 is 1.64 bits per heavy atom. The first-order chi connectivity index (χ1) is 21.8. The Labute approximate surface area is 273 Å². The molecular weight excluding hydrogens is 575 g/mol. The van der Waals surface area contributed by atoms with Crippen molar-refractivity contribution in [2.24, 2.45) is 0 Å². The molecule has 0 aliphatic carbocycles. The number of anilines is 1. The van der Waals surface area contributed by atoms with Crippen molar-refractivity contribution in [3.8, 4) is 11.8 Å². The molecule has 2 aromatic carbocycles. The highest BCUT2D eigenvalue weighted by Crippen LogP contribution is 2.41. The number of thiophene rings is 1. The minimum absolute atomic E-state index is 0.377. The van der Waals surface area contributed by atoms with Crippen LogP contribution >= 0.6 is 11.3 Å². The lowest BCUT2D eigenvalue weighted by molar-refractivity contribution is 0.0948. The van der Waals surface area contributed by atoms with Crippen LogP contribution in [0.1, 0.15) is 81.2 Å². The smallest absolute Gasteiger partial charge is 0.236 e. The van der Waals surface area contributed by atoms with Crippen LogP contribution in [0.4, 0.5) is 5.69 Å². The van der Waals surface area contributed by atoms with E-state index in [1.54, 1.807) is 18.3 Å². The second kappa shape index (κ2) is 16.0. The normalized spacial score (nSPS) is 15.3. The minimum atomic E-state index is -0.686. The third-order valence-corrected chi connectivity index (χ3v) is 8.76. The number of rotatable bonds is 14. The zero-order valence-electron chi connectivity index (χ0n) is 27.1. The lowest BCUT2D eigenvalue weighted by atomic mass is 9.97. The fourth-order valence-electron chi connectivity index (χ4n) is 5.13. The van der Waals surface area contributed by atoms with Crippen LogP contribution in [0.2, 0.25) is 0 Å². The second-order valence-corrected chi connectivity index (χ2v) is 12.8. The molecule has 4 rings (SSSR count). The van der Waals surface area contributed by atoms with E-state index < -0.39 is 5.60 Å². The SMILES string of the molecule is [C-]#[N+]C1=C(/C=C/c2ccc(/C=C/c3ccc(N(CCCC)CCCC)cc3OCc3ccccc3)s2)C(C)(C)O/C1=C(\C)C#N. The summed E-state index contributed by atoms with van der Waals surface area (Å²) in [6.45, 7) is 20.3. The van der Waals surface area contributed by atoms with Gasteiger partial charge in [-0.15, -0.1) is 11.3 Å². The van der Waals surface area contributed by atoms with Gasteiger partial charge in [-0.2, -0.15) is 5.26 Å². The molecule has 45 heavy (non-hydrogen) atoms. The summed E-state index contributed by atoms with van der Waals surface area (Å²) in [4.78, 5) is 8.37. The molecule has 3 aromatic rings. The van der Waals surface area contributed by atoms with Crippen LogP contribution in [0.15, 0.2) is 89.3 Å². The number of hydrogen-bond acceptors (Lipinski definition) is 5. The summed E-state index contributed by atoms with van der Waals surface area (Å²) in [6.07, 6.45) is 12.9. The van der Waals surface area contributed by atoms with E-state index in [0.717, 1.165) is 45.3 Å². The predicted molar refractivity (Wildman–Crippen MR) is 189 cm³/mol. The van der Waals surface area contributed by atoms with Gasteiger partial charge < -0.3 is 14.4 Å². The van der Waals surface area contributed by atoms with Crippen molar-refractivity contribution < 1.29 is 9.47 Å². The van der Waals surface area contributed by atoms with Gasteiger partial charge in [0.15, 0.2) is 0 Å². The van der Waals surface area contributed by atoms with Crippen molar-refractivity contribution in [3.05, 3.63) is 122 Å². The Bertz CT molecular complexity index is 1650. The quantitative estimate of drug-likeness (QED) is 0.133. The third-order valence-electron chi connectivity index (χ3n) is 7.75. The lowest BCUT2D eigenvalue weighted by Gasteiger charge is -2.25. The molecule has 2 heterocycles. The molecule has 1 aromatic heterocycles. The van der Waals surface area contributed by atoms with Gasteiger partial charge in [0.25, 0.3) is 0 Å². The van der Waals surface area contributed by atoms with E-state index in [2.05, 4.69) is 84.3 Å². The third kappa shape index (κ3) is 8.78. The lowest BCUT2D eigenvalue weighted by Crippen LogP contribution is -2.25. The molecule has 6 heteroatoms. The van der Waals surface area contributed by atoms with Gasteiger partial charge >= 0.3 is 0 Å². The van der Waals surface area contributed by atoms with E-state index in [0.29, 0.717) is 23.6 Å². The number of nitriles is 1. The number of hydrogen-bond donors (Lipinski definition) is 0. The molecule has 0 fully saturated rings. The van der Waals surface area contributed by atoms with Crippen LogP contribution in [0.5, 0.6) is 5.75 Å². The zero-order valence-corrected chi connectivity index (χ0v) is 27.9. The Kier molecular flexibility index (Phi) is 11.9. The summed E-state index contributed by atoms with van der Waals surface area (Å²) in [5.41, 5.74) is 4.29. The Morgan fingerprint density at radius 3 is 2.27 bits per heavy atom. The highest BCUT2D eigenvalue weighted by atomic mass is 32.1. The number of nitrogens with zero attached hydrogens (tertiary/aromatic N) is 3. The zero-order chi connectivity index (χ0) is 32.2. The first-order valence-electron chi connectivity index (χ1n) is 15.7. The van der Waals surface area contributed by atoms with E-state index in [1.807, 2.05) is 44.2 Å². The van der Waals surface area contributed by atoms with Gasteiger partial charge in [-0.1, -0.05) is 63.1 Å². The number of allylic oxidation sites excluding steroid dienone is 1. The molecule has 0 saturated carbocycles. The molecule has 0 saturated heterocycles. The Hall–Kier alpha value is -4.52. The number of ether oxygens (including phenoxy) is 2. The number of unbranched alkanes of at least 4 members (excludes halogenated alkanes) is 2. The highest BCUT2D eigenvalue weighted by molar-refractivity contribution is 7.13. The van der Waals surface area contributed by atoms with Crippen molar-refractivity contribution in [1.29, 1.82) is 5.26 Å². The molecule has 1 aliphatic heterocycles. The summed E-state index contributed by atoms with van der Waals surface area (Å²) in [6, 6.07) is 23.2. The van der Waals surface area contributed by atoms with Crippen LogP contribution in [0.25, 0.3) is 23.1 Å². The predicted octanol–water partition coefficient (Wildman–Crippen LogP) is 10.7. The van der Waals surface area contributed by atoms with Crippen LogP contribution in [-0.2, 0) is 11.3 Å². The number of benzene rings is 2. The maximum absolute atomic E-state index is 9.36. The first kappa shape index (κ1) is 33.4. The van der Waals surface area contributed by atoms with Gasteiger partial charge in [-0.05, 0) is 81.7 Å². The van der Waals surface area contributed by atoms with E-state index >= 15 is 0 Å². The van der Waals surface area contributed by atoms with Gasteiger partial charge in [0.1, 0.15) is 23.7 Å². The molecule has 0 spiro atoms. The largest absolute Gasteiger partial charge is 0.494 e. The maximum atomic E-state index is 9.36. The van der Waals surface area contributed by atoms with Crippen molar-refractivity contribution in [2.75, 3.05) is 18.0 Å². The van der Waals surface area contributed by atoms with Crippen molar-refractivity contribution >= 4 is 35.3 Å². The average Bonchev–Trinajstić information content (AvgIpc) is 3.62. The molecule has 1 aliphatic rings. The summed E-state index contributed by atoms with van der Waals surface area (Å²) in [5, 5.41) is 9.36. The molecule has 0 bridgehead atoms. The second-order valence-electron chi connectivity index (χ2n) is 11.6. The average molecular weight is 618 g/mol. The van der Waals surface area contributed by atoms with Crippen molar-refractivity contribution in [1.82, 2.24) is 0 Å². The van der Waals surface area contributed by atoms with E-state index in [4.69, 9.17) is 16.0 Å². The molecule has 0 unspecified atom stereocenters. The van der Waals surface area contributed by atoms with Crippen LogP contribution in [0, 0.1) is 17.9 Å². The van der Waals surface area contributed by atoms with Gasteiger partial charge in [0.2, 0.25) is 5.70 Å². The highest BCUT2D eigenvalue weighted by Gasteiger charge is 2.37. The molecule has 5 nitrogen and oxygen atoms in total. The van der Waals surface area contributed by atoms with Crippen LogP contribution < -0.4 is 9.64 Å². The Balaban J connectivity index is 1.58. The van der Waals surface area contributed by atoms with Gasteiger partial charge in [0.05, 0.1) is 18.2 Å². The summed E-state index contributed by atoms with van der Waals surface area (Å²) in [7, 11) is 0. The van der Waals surface area contributed by atoms with Crippen molar-refractivity contribution in [3.63, 3.8) is 0 Å². The van der Waals surface area contributed by atoms with Crippen LogP contribution in [0.3, 0.4) is 0 Å². The molecule has 0 amide bonds. The summed E-state index contributed by atoms with van der Waals surface area (Å²) >= 11 is 1.67. The fraction of sp³-hybridized carbons (Fsp3) is 0.333. The van der Waals surface area contributed by atoms with Gasteiger partial charge in [-0.3, -0.25) is 0 Å². The van der Waals surface area contributed by atoms with E-state index in [9.17, 15) is 5.26 Å². The van der Waals surface area contributed by atoms with Gasteiger partial charge in [0, 0.05) is 45.7 Å². The first-order valence-corrected chi connectivity index (χ1v) is 16.6. The summed E-state index contributed by atoms with van der Waals surface area (Å²) in [5.74, 6) is 1.25. The molecule has 0 atom stereocenters. The molecule has 232 valence electrons. The van der Waals surface area contributed by atoms with Gasteiger partial charge in [-0.25, -0.2) is 4.85 Å². The Morgan fingerprint density at radius 1 is 0.978 bits per heavy atom. The monoisotopic (exact) mass is 617 g/mol. The molecule has 0 N–H and O–H groups in total. The topological polar surface area (TPSA) is 49.9 Å².